The van der Waals surface area contributed by atoms with E-state index in [4.69, 9.17) is 0 Å². The summed E-state index contributed by atoms with van der Waals surface area (Å²) in [6, 6.07) is 0. The summed E-state index contributed by atoms with van der Waals surface area (Å²) in [6.07, 6.45) is 2.77. The Labute approximate surface area is 72.4 Å². The van der Waals surface area contributed by atoms with Crippen molar-refractivity contribution in [2.24, 2.45) is 0 Å². The number of rotatable bonds is 6. The minimum absolute atomic E-state index is 0.292. The smallest absolute Gasteiger partial charge is 0.0544 e. The maximum atomic E-state index is 10.5. The molecule has 0 spiro atoms. The molecule has 66 valence electrons. The second kappa shape index (κ2) is 6.53. The van der Waals surface area contributed by atoms with Gasteiger partial charge in [-0.1, -0.05) is 26.7 Å². The van der Waals surface area contributed by atoms with Crippen molar-refractivity contribution in [3.8, 4) is 0 Å². The van der Waals surface area contributed by atoms with Crippen LogP contribution in [0.15, 0.2) is 0 Å². The number of unbranched alkanes of at least 4 members (excludes halogenated alkanes) is 1. The first-order valence-electron chi connectivity index (χ1n) is 4.04. The number of carbonyl (C=O) groups excluding carboxylic acids is 1. The van der Waals surface area contributed by atoms with E-state index in [0.717, 1.165) is 25.0 Å². The van der Waals surface area contributed by atoms with E-state index >= 15 is 0 Å². The predicted octanol–water partition coefficient (Wildman–Crippen LogP) is 1.05. The monoisotopic (exact) mass is 175 g/mol. The summed E-state index contributed by atoms with van der Waals surface area (Å²) in [5.74, 6) is -0.0622. The maximum Gasteiger partial charge on any atom is 0.0544 e. The molecule has 1 unspecified atom stereocenters. The van der Waals surface area contributed by atoms with Gasteiger partial charge in [0.2, 0.25) is 0 Å². The molecule has 0 aliphatic rings. The van der Waals surface area contributed by atoms with Crippen molar-refractivity contribution in [3.05, 3.63) is 0 Å². The van der Waals surface area contributed by atoms with Gasteiger partial charge in [0.1, 0.15) is 0 Å². The van der Waals surface area contributed by atoms with Gasteiger partial charge in [-0.05, 0) is 12.2 Å². The molecule has 0 aromatic carbocycles. The lowest BCUT2D eigenvalue weighted by Crippen LogP contribution is -2.33. The summed E-state index contributed by atoms with van der Waals surface area (Å²) in [4.78, 5) is 10.5. The zero-order valence-corrected chi connectivity index (χ0v) is 7.95. The van der Waals surface area contributed by atoms with Crippen LogP contribution in [0.3, 0.4) is 0 Å². The van der Waals surface area contributed by atoms with Crippen LogP contribution in [0.1, 0.15) is 33.1 Å². The van der Waals surface area contributed by atoms with Gasteiger partial charge < -0.3 is 9.90 Å². The second-order valence-corrected chi connectivity index (χ2v) is 3.88. The van der Waals surface area contributed by atoms with E-state index in [9.17, 15) is 9.90 Å². The molecule has 0 aliphatic heterocycles. The van der Waals surface area contributed by atoms with E-state index in [1.54, 1.807) is 0 Å². The highest BCUT2D eigenvalue weighted by molar-refractivity contribution is 8.00. The summed E-state index contributed by atoms with van der Waals surface area (Å²) in [5.41, 5.74) is 0. The van der Waals surface area contributed by atoms with Gasteiger partial charge in [-0.2, -0.15) is 11.8 Å². The van der Waals surface area contributed by atoms with Crippen molar-refractivity contribution in [3.63, 3.8) is 0 Å². The predicted molar refractivity (Wildman–Crippen MR) is 46.5 cm³/mol. The van der Waals surface area contributed by atoms with Crippen molar-refractivity contribution in [1.82, 2.24) is 0 Å². The third kappa shape index (κ3) is 5.13. The maximum absolute atomic E-state index is 10.5. The molecule has 0 saturated heterocycles. The lowest BCUT2D eigenvalue weighted by molar-refractivity contribution is -0.304. The summed E-state index contributed by atoms with van der Waals surface area (Å²) in [7, 11) is 0. The highest BCUT2D eigenvalue weighted by Gasteiger charge is 2.07. The number of hydrogen-bond donors (Lipinski definition) is 0. The topological polar surface area (TPSA) is 40.1 Å². The van der Waals surface area contributed by atoms with Crippen LogP contribution in [-0.4, -0.2) is 17.0 Å². The minimum atomic E-state index is -0.912. The molecular weight excluding hydrogens is 160 g/mol. The first-order chi connectivity index (χ1) is 5.22. The summed E-state index contributed by atoms with van der Waals surface area (Å²) in [5, 5.41) is 10.2. The molecular formula is C8H15O2S-. The van der Waals surface area contributed by atoms with Crippen LogP contribution in [0, 0.1) is 0 Å². The fraction of sp³-hybridized carbons (Fsp3) is 0.875. The number of aliphatic carboxylic acids is 1. The summed E-state index contributed by atoms with van der Waals surface area (Å²) >= 11 is 1.46. The van der Waals surface area contributed by atoms with Crippen molar-refractivity contribution in [1.29, 1.82) is 0 Å². The van der Waals surface area contributed by atoms with Crippen molar-refractivity contribution >= 4 is 17.7 Å². The number of carboxylic acid groups (broad SMARTS) is 1. The molecule has 0 radical (unpaired) electrons. The lowest BCUT2D eigenvalue weighted by atomic mass is 10.2. The van der Waals surface area contributed by atoms with Crippen LogP contribution in [0.5, 0.6) is 0 Å². The summed E-state index contributed by atoms with van der Waals surface area (Å²) < 4.78 is 0. The Balaban J connectivity index is 3.60. The number of hydrogen-bond acceptors (Lipinski definition) is 3. The van der Waals surface area contributed by atoms with E-state index < -0.39 is 5.97 Å². The first kappa shape index (κ1) is 10.8. The molecule has 2 nitrogen and oxygen atoms in total. The first-order valence-corrected chi connectivity index (χ1v) is 5.09. The standard InChI is InChI=1S/C8H16O2S/c1-3-5-6-7(8(9)10)11-4-2/h7H,3-6H2,1-2H3,(H,9,10)/p-1. The molecule has 1 atom stereocenters. The molecule has 0 amide bonds. The van der Waals surface area contributed by atoms with Gasteiger partial charge in [0, 0.05) is 5.25 Å². The Bertz CT molecular complexity index is 115. The third-order valence-corrected chi connectivity index (χ3v) is 2.61. The molecule has 0 aromatic rings. The van der Waals surface area contributed by atoms with Crippen molar-refractivity contribution in [2.75, 3.05) is 5.75 Å². The molecule has 0 bridgehead atoms. The normalized spacial score (nSPS) is 12.9. The molecule has 0 saturated carbocycles. The van der Waals surface area contributed by atoms with Crippen molar-refractivity contribution < 1.29 is 9.90 Å². The number of thioether (sulfide) groups is 1. The largest absolute Gasteiger partial charge is 0.549 e. The van der Waals surface area contributed by atoms with Crippen LogP contribution in [0.25, 0.3) is 0 Å². The van der Waals surface area contributed by atoms with Gasteiger partial charge in [0.25, 0.3) is 0 Å². The van der Waals surface area contributed by atoms with E-state index in [-0.39, 0.29) is 5.25 Å². The van der Waals surface area contributed by atoms with E-state index in [1.807, 2.05) is 6.92 Å². The fourth-order valence-corrected chi connectivity index (χ4v) is 1.73. The van der Waals surface area contributed by atoms with E-state index in [0.29, 0.717) is 0 Å². The third-order valence-electron chi connectivity index (χ3n) is 1.45. The Morgan fingerprint density at radius 2 is 2.18 bits per heavy atom. The molecule has 11 heavy (non-hydrogen) atoms. The van der Waals surface area contributed by atoms with Gasteiger partial charge in [-0.3, -0.25) is 0 Å². The molecule has 0 fully saturated rings. The Kier molecular flexibility index (Phi) is 6.42. The lowest BCUT2D eigenvalue weighted by Gasteiger charge is -2.15. The van der Waals surface area contributed by atoms with Gasteiger partial charge in [-0.15, -0.1) is 0 Å². The van der Waals surface area contributed by atoms with Crippen LogP contribution in [0.4, 0.5) is 0 Å². The average Bonchev–Trinajstić information content (AvgIpc) is 1.97. The Morgan fingerprint density at radius 1 is 1.55 bits per heavy atom. The molecule has 0 aromatic heterocycles. The molecule has 0 aliphatic carbocycles. The number of carboxylic acids is 1. The second-order valence-electron chi connectivity index (χ2n) is 2.41. The highest BCUT2D eigenvalue weighted by atomic mass is 32.2. The zero-order chi connectivity index (χ0) is 8.69. The zero-order valence-electron chi connectivity index (χ0n) is 7.13. The molecule has 0 N–H and O–H groups in total. The summed E-state index contributed by atoms with van der Waals surface area (Å²) in [6.45, 7) is 4.02. The SMILES string of the molecule is CCCCC(SCC)C(=O)[O-]. The average molecular weight is 175 g/mol. The van der Waals surface area contributed by atoms with Crippen molar-refractivity contribution in [2.45, 2.75) is 38.4 Å². The minimum Gasteiger partial charge on any atom is -0.549 e. The Hall–Kier alpha value is -0.180. The van der Waals surface area contributed by atoms with Gasteiger partial charge in [0.05, 0.1) is 5.97 Å². The highest BCUT2D eigenvalue weighted by Crippen LogP contribution is 2.15. The van der Waals surface area contributed by atoms with Gasteiger partial charge in [-0.25, -0.2) is 0 Å². The molecule has 3 heteroatoms. The quantitative estimate of drug-likeness (QED) is 0.605. The van der Waals surface area contributed by atoms with E-state index in [1.165, 1.54) is 11.8 Å². The molecule has 0 heterocycles. The molecule has 0 rings (SSSR count). The van der Waals surface area contributed by atoms with Crippen LogP contribution >= 0.6 is 11.8 Å². The van der Waals surface area contributed by atoms with Crippen LogP contribution in [0.2, 0.25) is 0 Å². The van der Waals surface area contributed by atoms with E-state index in [2.05, 4.69) is 6.92 Å². The fourth-order valence-electron chi connectivity index (χ4n) is 0.860. The van der Waals surface area contributed by atoms with Gasteiger partial charge >= 0.3 is 0 Å². The number of carbonyl (C=O) groups is 1. The van der Waals surface area contributed by atoms with Crippen LogP contribution < -0.4 is 5.11 Å². The van der Waals surface area contributed by atoms with Crippen LogP contribution in [-0.2, 0) is 4.79 Å². The Morgan fingerprint density at radius 3 is 2.55 bits per heavy atom. The van der Waals surface area contributed by atoms with Gasteiger partial charge in [0.15, 0.2) is 0 Å².